The number of hydrogen-bond donors (Lipinski definition) is 1. The van der Waals surface area contributed by atoms with Crippen molar-refractivity contribution in [1.29, 1.82) is 0 Å². The first-order valence-corrected chi connectivity index (χ1v) is 8.27. The first-order chi connectivity index (χ1) is 12.3. The molecule has 0 spiro atoms. The van der Waals surface area contributed by atoms with Gasteiger partial charge in [0.1, 0.15) is 11.8 Å². The van der Waals surface area contributed by atoms with E-state index in [4.69, 9.17) is 4.74 Å². The van der Waals surface area contributed by atoms with E-state index < -0.39 is 0 Å². The van der Waals surface area contributed by atoms with Gasteiger partial charge in [-0.3, -0.25) is 9.89 Å². The molecule has 1 aliphatic heterocycles. The van der Waals surface area contributed by atoms with Crippen molar-refractivity contribution in [1.82, 2.24) is 20.1 Å². The van der Waals surface area contributed by atoms with Gasteiger partial charge in [0.15, 0.2) is 0 Å². The van der Waals surface area contributed by atoms with Crippen molar-refractivity contribution in [2.24, 2.45) is 0 Å². The first kappa shape index (κ1) is 15.4. The van der Waals surface area contributed by atoms with Crippen LogP contribution in [0.25, 0.3) is 11.3 Å². The van der Waals surface area contributed by atoms with E-state index in [2.05, 4.69) is 15.2 Å². The standard InChI is InChI=1S/C19H18N4O2/c24-19(17-12-16(21-22-17)14-6-2-1-3-7-14)23-11-9-15(13-23)25-18-8-4-5-10-20-18/h1-8,10,12,15H,9,11,13H2,(H,21,22). The zero-order valence-electron chi connectivity index (χ0n) is 13.6. The molecule has 1 unspecified atom stereocenters. The number of ether oxygens (including phenoxy) is 1. The molecule has 2 aromatic heterocycles. The second-order valence-corrected chi connectivity index (χ2v) is 5.98. The molecule has 1 saturated heterocycles. The average Bonchev–Trinajstić information content (AvgIpc) is 3.33. The number of carbonyl (C=O) groups is 1. The van der Waals surface area contributed by atoms with Crippen LogP contribution in [0.2, 0.25) is 0 Å². The highest BCUT2D eigenvalue weighted by Gasteiger charge is 2.29. The number of aromatic amines is 1. The Bertz CT molecular complexity index is 848. The molecule has 0 saturated carbocycles. The van der Waals surface area contributed by atoms with Crippen LogP contribution in [-0.2, 0) is 0 Å². The minimum Gasteiger partial charge on any atom is -0.472 e. The van der Waals surface area contributed by atoms with Crippen LogP contribution < -0.4 is 4.74 Å². The second kappa shape index (κ2) is 6.76. The zero-order valence-corrected chi connectivity index (χ0v) is 13.6. The van der Waals surface area contributed by atoms with Crippen LogP contribution >= 0.6 is 0 Å². The van der Waals surface area contributed by atoms with Crippen LogP contribution in [0.3, 0.4) is 0 Å². The average molecular weight is 334 g/mol. The Labute approximate surface area is 145 Å². The lowest BCUT2D eigenvalue weighted by Gasteiger charge is -2.15. The van der Waals surface area contributed by atoms with Crippen molar-refractivity contribution in [2.45, 2.75) is 12.5 Å². The lowest BCUT2D eigenvalue weighted by atomic mass is 10.1. The summed E-state index contributed by atoms with van der Waals surface area (Å²) in [6.45, 7) is 1.21. The Balaban J connectivity index is 1.41. The summed E-state index contributed by atoms with van der Waals surface area (Å²) in [5.41, 5.74) is 2.25. The van der Waals surface area contributed by atoms with E-state index in [0.29, 0.717) is 24.7 Å². The van der Waals surface area contributed by atoms with Crippen molar-refractivity contribution < 1.29 is 9.53 Å². The highest BCUT2D eigenvalue weighted by atomic mass is 16.5. The number of likely N-dealkylation sites (tertiary alicyclic amines) is 1. The SMILES string of the molecule is O=C(c1cc(-c2ccccc2)n[nH]1)N1CCC(Oc2ccccn2)C1. The fourth-order valence-electron chi connectivity index (χ4n) is 2.95. The summed E-state index contributed by atoms with van der Waals surface area (Å²) in [6, 6.07) is 17.1. The fourth-order valence-corrected chi connectivity index (χ4v) is 2.95. The zero-order chi connectivity index (χ0) is 17.1. The lowest BCUT2D eigenvalue weighted by Crippen LogP contribution is -2.31. The highest BCUT2D eigenvalue weighted by Crippen LogP contribution is 2.21. The summed E-state index contributed by atoms with van der Waals surface area (Å²) in [6.07, 6.45) is 2.46. The number of rotatable bonds is 4. The number of aromatic nitrogens is 3. The molecule has 6 nitrogen and oxygen atoms in total. The smallest absolute Gasteiger partial charge is 0.272 e. The van der Waals surface area contributed by atoms with E-state index in [-0.39, 0.29) is 12.0 Å². The van der Waals surface area contributed by atoms with Gasteiger partial charge in [-0.05, 0) is 12.1 Å². The van der Waals surface area contributed by atoms with Gasteiger partial charge < -0.3 is 9.64 Å². The summed E-state index contributed by atoms with van der Waals surface area (Å²) in [4.78, 5) is 18.6. The van der Waals surface area contributed by atoms with Crippen molar-refractivity contribution in [3.8, 4) is 17.1 Å². The van der Waals surface area contributed by atoms with E-state index in [1.54, 1.807) is 17.2 Å². The number of amides is 1. The molecule has 1 fully saturated rings. The van der Waals surface area contributed by atoms with E-state index in [9.17, 15) is 4.79 Å². The molecule has 126 valence electrons. The van der Waals surface area contributed by atoms with E-state index >= 15 is 0 Å². The molecular weight excluding hydrogens is 316 g/mol. The van der Waals surface area contributed by atoms with Crippen LogP contribution in [0.4, 0.5) is 0 Å². The van der Waals surface area contributed by atoms with Gasteiger partial charge in [0, 0.05) is 30.8 Å². The Morgan fingerprint density at radius 2 is 2.00 bits per heavy atom. The van der Waals surface area contributed by atoms with Crippen LogP contribution in [0.15, 0.2) is 60.8 Å². The maximum absolute atomic E-state index is 12.7. The number of hydrogen-bond acceptors (Lipinski definition) is 4. The normalized spacial score (nSPS) is 16.8. The van der Waals surface area contributed by atoms with E-state index in [1.165, 1.54) is 0 Å². The quantitative estimate of drug-likeness (QED) is 0.796. The van der Waals surface area contributed by atoms with Gasteiger partial charge >= 0.3 is 0 Å². The molecular formula is C19H18N4O2. The first-order valence-electron chi connectivity index (χ1n) is 8.27. The molecule has 3 aromatic rings. The maximum atomic E-state index is 12.7. The van der Waals surface area contributed by atoms with Crippen LogP contribution in [0.1, 0.15) is 16.9 Å². The second-order valence-electron chi connectivity index (χ2n) is 5.98. The highest BCUT2D eigenvalue weighted by molar-refractivity contribution is 5.93. The Kier molecular flexibility index (Phi) is 4.16. The molecule has 4 rings (SSSR count). The molecule has 0 aliphatic carbocycles. The third-order valence-corrected chi connectivity index (χ3v) is 4.24. The third kappa shape index (κ3) is 3.38. The molecule has 6 heteroatoms. The molecule has 1 amide bonds. The van der Waals surface area contributed by atoms with Gasteiger partial charge in [-0.25, -0.2) is 4.98 Å². The van der Waals surface area contributed by atoms with E-state index in [0.717, 1.165) is 17.7 Å². The van der Waals surface area contributed by atoms with Crippen molar-refractivity contribution >= 4 is 5.91 Å². The van der Waals surface area contributed by atoms with Crippen LogP contribution in [0.5, 0.6) is 5.88 Å². The van der Waals surface area contributed by atoms with Crippen molar-refractivity contribution in [2.75, 3.05) is 13.1 Å². The molecule has 1 aliphatic rings. The number of nitrogens with one attached hydrogen (secondary N) is 1. The number of H-pyrrole nitrogens is 1. The minimum atomic E-state index is -0.0539. The predicted octanol–water partition coefficient (Wildman–Crippen LogP) is 2.77. The van der Waals surface area contributed by atoms with Gasteiger partial charge in [-0.1, -0.05) is 36.4 Å². The molecule has 3 heterocycles. The minimum absolute atomic E-state index is 0.0321. The number of carbonyl (C=O) groups excluding carboxylic acids is 1. The summed E-state index contributed by atoms with van der Waals surface area (Å²) in [5, 5.41) is 7.10. The summed E-state index contributed by atoms with van der Waals surface area (Å²) < 4.78 is 5.84. The third-order valence-electron chi connectivity index (χ3n) is 4.24. The van der Waals surface area contributed by atoms with Crippen molar-refractivity contribution in [3.63, 3.8) is 0 Å². The van der Waals surface area contributed by atoms with Gasteiger partial charge in [-0.2, -0.15) is 5.10 Å². The fraction of sp³-hybridized carbons (Fsp3) is 0.211. The Morgan fingerprint density at radius 3 is 2.80 bits per heavy atom. The monoisotopic (exact) mass is 334 g/mol. The molecule has 0 radical (unpaired) electrons. The Hall–Kier alpha value is -3.15. The summed E-state index contributed by atoms with van der Waals surface area (Å²) in [7, 11) is 0. The van der Waals surface area contributed by atoms with Crippen molar-refractivity contribution in [3.05, 3.63) is 66.5 Å². The largest absolute Gasteiger partial charge is 0.472 e. The molecule has 1 atom stereocenters. The molecule has 0 bridgehead atoms. The van der Waals surface area contributed by atoms with Crippen LogP contribution in [-0.4, -0.2) is 45.2 Å². The number of nitrogens with zero attached hydrogens (tertiary/aromatic N) is 3. The Morgan fingerprint density at radius 1 is 1.16 bits per heavy atom. The molecule has 25 heavy (non-hydrogen) atoms. The van der Waals surface area contributed by atoms with Gasteiger partial charge in [0.05, 0.1) is 12.2 Å². The maximum Gasteiger partial charge on any atom is 0.272 e. The molecule has 1 N–H and O–H groups in total. The summed E-state index contributed by atoms with van der Waals surface area (Å²) in [5.74, 6) is 0.538. The van der Waals surface area contributed by atoms with Gasteiger partial charge in [0.25, 0.3) is 5.91 Å². The van der Waals surface area contributed by atoms with Crippen LogP contribution in [0, 0.1) is 0 Å². The van der Waals surface area contributed by atoms with E-state index in [1.807, 2.05) is 48.5 Å². The topological polar surface area (TPSA) is 71.1 Å². The lowest BCUT2D eigenvalue weighted by molar-refractivity contribution is 0.0765. The van der Waals surface area contributed by atoms with Gasteiger partial charge in [-0.15, -0.1) is 0 Å². The number of pyridine rings is 1. The molecule has 1 aromatic carbocycles. The van der Waals surface area contributed by atoms with Gasteiger partial charge in [0.2, 0.25) is 5.88 Å². The summed E-state index contributed by atoms with van der Waals surface area (Å²) >= 11 is 0. The number of benzene rings is 1. The predicted molar refractivity (Wildman–Crippen MR) is 93.2 cm³/mol.